The van der Waals surface area contributed by atoms with Gasteiger partial charge in [0.05, 0.1) is 13.2 Å². The first-order chi connectivity index (χ1) is 22.2. The van der Waals surface area contributed by atoms with E-state index in [1.165, 1.54) is 71.9 Å². The van der Waals surface area contributed by atoms with E-state index >= 15 is 0 Å². The van der Waals surface area contributed by atoms with Gasteiger partial charge in [0.2, 0.25) is 11.8 Å². The maximum Gasteiger partial charge on any atom is 0.234 e. The number of aliphatic hydroxyl groups excluding tert-OH is 10. The van der Waals surface area contributed by atoms with E-state index in [0.29, 0.717) is 6.42 Å². The van der Waals surface area contributed by atoms with Gasteiger partial charge in [-0.1, -0.05) is 96.8 Å². The third-order valence-electron chi connectivity index (χ3n) is 8.77. The van der Waals surface area contributed by atoms with Crippen LogP contribution in [0.25, 0.3) is 0 Å². The molecule has 0 fully saturated rings. The highest BCUT2D eigenvalue weighted by molar-refractivity contribution is 6.00. The molecule has 8 unspecified atom stereocenters. The van der Waals surface area contributed by atoms with Crippen LogP contribution in [-0.2, 0) is 9.59 Å². The van der Waals surface area contributed by atoms with Crippen LogP contribution in [0.4, 0.5) is 0 Å². The first-order valence-electron chi connectivity index (χ1n) is 17.4. The second kappa shape index (κ2) is 26.4. The maximum absolute atomic E-state index is 13.4. The Morgan fingerprint density at radius 1 is 0.468 bits per heavy atom. The Balaban J connectivity index is 5.17. The summed E-state index contributed by atoms with van der Waals surface area (Å²) in [5, 5.41) is 98.1. The maximum atomic E-state index is 13.4. The molecule has 14 nitrogen and oxygen atoms in total. The molecule has 14 heteroatoms. The Morgan fingerprint density at radius 3 is 1.04 bits per heavy atom. The molecule has 0 aliphatic heterocycles. The quantitative estimate of drug-likeness (QED) is 0.0347. The molecule has 0 aromatic carbocycles. The monoisotopic (exact) mass is 682 g/mol. The van der Waals surface area contributed by atoms with Crippen molar-refractivity contribution in [3.05, 3.63) is 0 Å². The van der Waals surface area contributed by atoms with Gasteiger partial charge in [-0.3, -0.25) is 9.59 Å². The van der Waals surface area contributed by atoms with Crippen LogP contribution in [0.2, 0.25) is 0 Å². The van der Waals surface area contributed by atoms with Crippen LogP contribution in [0.5, 0.6) is 0 Å². The highest BCUT2D eigenvalue weighted by atomic mass is 16.4. The number of hydrogen-bond acceptors (Lipinski definition) is 12. The van der Waals surface area contributed by atoms with Crippen molar-refractivity contribution in [1.82, 2.24) is 9.80 Å². The van der Waals surface area contributed by atoms with Gasteiger partial charge < -0.3 is 60.9 Å². The van der Waals surface area contributed by atoms with E-state index in [0.717, 1.165) is 35.5 Å². The van der Waals surface area contributed by atoms with E-state index in [-0.39, 0.29) is 6.42 Å². The lowest BCUT2D eigenvalue weighted by Gasteiger charge is -2.32. The molecular formula is C33H66N2O12. The molecule has 8 atom stereocenters. The smallest absolute Gasteiger partial charge is 0.234 e. The third-order valence-corrected chi connectivity index (χ3v) is 8.77. The topological polar surface area (TPSA) is 243 Å². The van der Waals surface area contributed by atoms with Crippen molar-refractivity contribution in [3.63, 3.8) is 0 Å². The van der Waals surface area contributed by atoms with E-state index in [1.54, 1.807) is 0 Å². The average molecular weight is 683 g/mol. The first-order valence-corrected chi connectivity index (χ1v) is 17.4. The molecule has 0 bridgehead atoms. The summed E-state index contributed by atoms with van der Waals surface area (Å²) in [5.74, 6) is -2.66. The molecule has 0 aliphatic rings. The molecule has 0 saturated heterocycles. The fourth-order valence-electron chi connectivity index (χ4n) is 5.51. The minimum atomic E-state index is -1.90. The Labute approximate surface area is 280 Å². The van der Waals surface area contributed by atoms with E-state index in [4.69, 9.17) is 10.2 Å². The number of aliphatic hydroxyl groups is 10. The molecule has 10 N–H and O–H groups in total. The average Bonchev–Trinajstić information content (AvgIpc) is 3.06. The van der Waals surface area contributed by atoms with Crippen molar-refractivity contribution in [2.45, 2.75) is 152 Å². The molecule has 0 spiro atoms. The summed E-state index contributed by atoms with van der Waals surface area (Å²) in [6.45, 7) is -0.524. The minimum absolute atomic E-state index is 0.138. The normalized spacial score (nSPS) is 17.6. The molecule has 0 aromatic rings. The number of rotatable bonds is 29. The van der Waals surface area contributed by atoms with Crippen molar-refractivity contribution >= 4 is 11.8 Å². The fourth-order valence-corrected chi connectivity index (χ4v) is 5.51. The predicted octanol–water partition coefficient (Wildman–Crippen LogP) is -0.737. The molecule has 2 amide bonds. The summed E-state index contributed by atoms with van der Waals surface area (Å²) in [6, 6.07) is 0. The van der Waals surface area contributed by atoms with Gasteiger partial charge in [0, 0.05) is 27.2 Å². The number of nitrogens with zero attached hydrogens (tertiary/aromatic N) is 2. The number of carbonyl (C=O) groups excluding carboxylic acids is 2. The Morgan fingerprint density at radius 2 is 0.745 bits per heavy atom. The summed E-state index contributed by atoms with van der Waals surface area (Å²) >= 11 is 0. The van der Waals surface area contributed by atoms with Gasteiger partial charge >= 0.3 is 0 Å². The molecule has 0 aliphatic carbocycles. The highest BCUT2D eigenvalue weighted by Gasteiger charge is 2.37. The zero-order valence-corrected chi connectivity index (χ0v) is 28.8. The predicted molar refractivity (Wildman–Crippen MR) is 176 cm³/mol. The molecule has 0 aromatic heterocycles. The van der Waals surface area contributed by atoms with E-state index < -0.39 is 92.9 Å². The van der Waals surface area contributed by atoms with E-state index in [2.05, 4.69) is 6.92 Å². The van der Waals surface area contributed by atoms with Crippen molar-refractivity contribution in [3.8, 4) is 0 Å². The van der Waals surface area contributed by atoms with Gasteiger partial charge in [-0.15, -0.1) is 0 Å². The van der Waals surface area contributed by atoms with Crippen LogP contribution >= 0.6 is 0 Å². The molecule has 0 radical (unpaired) electrons. The summed E-state index contributed by atoms with van der Waals surface area (Å²) in [5.41, 5.74) is 0. The van der Waals surface area contributed by atoms with Gasteiger partial charge in [0.1, 0.15) is 54.7 Å². The van der Waals surface area contributed by atoms with Gasteiger partial charge in [0.25, 0.3) is 0 Å². The van der Waals surface area contributed by atoms with Crippen LogP contribution in [0, 0.1) is 5.92 Å². The number of unbranched alkanes of at least 4 members (excludes halogenated alkanes) is 13. The van der Waals surface area contributed by atoms with Crippen LogP contribution in [-0.4, -0.2) is 162 Å². The molecule has 0 heterocycles. The second-order valence-corrected chi connectivity index (χ2v) is 13.0. The summed E-state index contributed by atoms with van der Waals surface area (Å²) < 4.78 is 0. The molecule has 47 heavy (non-hydrogen) atoms. The Bertz CT molecular complexity index is 762. The zero-order chi connectivity index (χ0) is 35.9. The van der Waals surface area contributed by atoms with Crippen LogP contribution in [0.15, 0.2) is 0 Å². The third kappa shape index (κ3) is 18.2. The SMILES string of the molecule is CCCCCCCCCCCCCCCCC(C(=O)N(C)CC(O)C(O)C(O)C(O)CO)C(=O)N(C)CC(O)C(O)C(O)C(O)CO. The summed E-state index contributed by atoms with van der Waals surface area (Å²) in [7, 11) is 2.59. The fraction of sp³-hybridized carbons (Fsp3) is 0.939. The first kappa shape index (κ1) is 45.5. The van der Waals surface area contributed by atoms with Crippen LogP contribution in [0.3, 0.4) is 0 Å². The molecular weight excluding hydrogens is 616 g/mol. The minimum Gasteiger partial charge on any atom is -0.394 e. The molecule has 0 rings (SSSR count). The zero-order valence-electron chi connectivity index (χ0n) is 28.8. The van der Waals surface area contributed by atoms with E-state index in [1.807, 2.05) is 0 Å². The highest BCUT2D eigenvalue weighted by Crippen LogP contribution is 2.20. The largest absolute Gasteiger partial charge is 0.394 e. The standard InChI is InChI=1S/C33H66N2O12/c1-4-5-6-7-8-9-10-11-12-13-14-15-16-17-18-23(32(46)34(2)19-24(38)28(42)30(44)26(40)21-36)33(47)35(3)20-25(39)29(43)31(45)27(41)22-37/h23-31,36-45H,4-22H2,1-3H3. The van der Waals surface area contributed by atoms with Crippen molar-refractivity contribution in [1.29, 1.82) is 0 Å². The lowest BCUT2D eigenvalue weighted by molar-refractivity contribution is -0.152. The Kier molecular flexibility index (Phi) is 25.6. The lowest BCUT2D eigenvalue weighted by atomic mass is 9.96. The van der Waals surface area contributed by atoms with Crippen molar-refractivity contribution in [2.75, 3.05) is 40.4 Å². The number of hydrogen-bond donors (Lipinski definition) is 10. The van der Waals surface area contributed by atoms with Gasteiger partial charge in [-0.05, 0) is 6.42 Å². The summed E-state index contributed by atoms with van der Waals surface area (Å²) in [6.07, 6.45) is 1.45. The number of carbonyl (C=O) groups is 2. The van der Waals surface area contributed by atoms with Crippen molar-refractivity contribution < 1.29 is 60.7 Å². The Hall–Kier alpha value is -1.46. The summed E-state index contributed by atoms with van der Waals surface area (Å²) in [4.78, 5) is 28.9. The molecule has 280 valence electrons. The van der Waals surface area contributed by atoms with E-state index in [9.17, 15) is 50.4 Å². The van der Waals surface area contributed by atoms with Gasteiger partial charge in [-0.2, -0.15) is 0 Å². The number of amides is 2. The van der Waals surface area contributed by atoms with Gasteiger partial charge in [-0.25, -0.2) is 0 Å². The van der Waals surface area contributed by atoms with Crippen molar-refractivity contribution in [2.24, 2.45) is 5.92 Å². The molecule has 0 saturated carbocycles. The lowest BCUT2D eigenvalue weighted by Crippen LogP contribution is -2.53. The number of likely N-dealkylation sites (N-methyl/N-ethyl adjacent to an activating group) is 2. The second-order valence-electron chi connectivity index (χ2n) is 13.0. The van der Waals surface area contributed by atoms with Crippen LogP contribution < -0.4 is 0 Å². The van der Waals surface area contributed by atoms with Crippen LogP contribution in [0.1, 0.15) is 103 Å². The van der Waals surface area contributed by atoms with Gasteiger partial charge in [0.15, 0.2) is 0 Å².